The van der Waals surface area contributed by atoms with Crippen LogP contribution in [0.15, 0.2) is 23.1 Å². The van der Waals surface area contributed by atoms with E-state index in [0.29, 0.717) is 17.1 Å². The zero-order chi connectivity index (χ0) is 14.1. The van der Waals surface area contributed by atoms with Crippen molar-refractivity contribution in [2.75, 3.05) is 6.54 Å². The minimum Gasteiger partial charge on any atom is -0.329 e. The lowest BCUT2D eigenvalue weighted by molar-refractivity contribution is 0.399. The number of hydrogen-bond acceptors (Lipinski definition) is 3. The van der Waals surface area contributed by atoms with E-state index >= 15 is 0 Å². The molecule has 0 unspecified atom stereocenters. The van der Waals surface area contributed by atoms with Crippen LogP contribution in [0, 0.1) is 6.92 Å². The molecule has 19 heavy (non-hydrogen) atoms. The SMILES string of the molecule is Cc1cc(Cl)ccc1S(=O)(=O)NC1(CN)CCCC1. The smallest absolute Gasteiger partial charge is 0.241 e. The molecule has 1 saturated carbocycles. The Balaban J connectivity index is 2.32. The summed E-state index contributed by atoms with van der Waals surface area (Å²) in [7, 11) is -3.55. The maximum Gasteiger partial charge on any atom is 0.241 e. The lowest BCUT2D eigenvalue weighted by Crippen LogP contribution is -2.51. The predicted octanol–water partition coefficient (Wildman–Crippen LogP) is 2.20. The summed E-state index contributed by atoms with van der Waals surface area (Å²) >= 11 is 5.86. The maximum atomic E-state index is 12.5. The molecule has 1 aliphatic rings. The summed E-state index contributed by atoms with van der Waals surface area (Å²) in [6.07, 6.45) is 3.63. The Labute approximate surface area is 119 Å². The minimum atomic E-state index is -3.55. The summed E-state index contributed by atoms with van der Waals surface area (Å²) in [6.45, 7) is 2.07. The van der Waals surface area contributed by atoms with E-state index in [1.807, 2.05) is 0 Å². The third-order valence-corrected chi connectivity index (χ3v) is 5.70. The van der Waals surface area contributed by atoms with Crippen LogP contribution in [-0.4, -0.2) is 20.5 Å². The van der Waals surface area contributed by atoms with Crippen molar-refractivity contribution < 1.29 is 8.42 Å². The zero-order valence-corrected chi connectivity index (χ0v) is 12.5. The third-order valence-electron chi connectivity index (χ3n) is 3.73. The van der Waals surface area contributed by atoms with Gasteiger partial charge in [-0.15, -0.1) is 0 Å². The van der Waals surface area contributed by atoms with Crippen molar-refractivity contribution in [1.82, 2.24) is 4.72 Å². The molecule has 1 aliphatic carbocycles. The van der Waals surface area contributed by atoms with Crippen molar-refractivity contribution in [2.45, 2.75) is 43.0 Å². The van der Waals surface area contributed by atoms with Gasteiger partial charge in [-0.05, 0) is 43.5 Å². The van der Waals surface area contributed by atoms with Crippen LogP contribution in [0.1, 0.15) is 31.2 Å². The van der Waals surface area contributed by atoms with E-state index in [1.165, 1.54) is 0 Å². The molecule has 0 radical (unpaired) electrons. The summed E-state index contributed by atoms with van der Waals surface area (Å²) in [5.41, 5.74) is 5.93. The Kier molecular flexibility index (Phi) is 4.20. The molecular formula is C13H19ClN2O2S. The molecule has 4 nitrogen and oxygen atoms in total. The lowest BCUT2D eigenvalue weighted by atomic mass is 10.0. The molecule has 1 aromatic carbocycles. The minimum absolute atomic E-state index is 0.275. The van der Waals surface area contributed by atoms with Crippen molar-refractivity contribution in [3.05, 3.63) is 28.8 Å². The van der Waals surface area contributed by atoms with Crippen LogP contribution in [-0.2, 0) is 10.0 Å². The monoisotopic (exact) mass is 302 g/mol. The summed E-state index contributed by atoms with van der Waals surface area (Å²) in [5.74, 6) is 0. The van der Waals surface area contributed by atoms with Crippen molar-refractivity contribution in [1.29, 1.82) is 0 Å². The molecule has 1 aromatic rings. The highest BCUT2D eigenvalue weighted by Gasteiger charge is 2.37. The van der Waals surface area contributed by atoms with E-state index in [9.17, 15) is 8.42 Å². The largest absolute Gasteiger partial charge is 0.329 e. The first kappa shape index (κ1) is 14.8. The molecule has 106 valence electrons. The summed E-state index contributed by atoms with van der Waals surface area (Å²) in [6, 6.07) is 4.78. The van der Waals surface area contributed by atoms with Gasteiger partial charge in [0.1, 0.15) is 0 Å². The lowest BCUT2D eigenvalue weighted by Gasteiger charge is -2.28. The van der Waals surface area contributed by atoms with Gasteiger partial charge in [0, 0.05) is 17.1 Å². The fraction of sp³-hybridized carbons (Fsp3) is 0.538. The number of nitrogens with one attached hydrogen (secondary N) is 1. The zero-order valence-electron chi connectivity index (χ0n) is 10.9. The normalized spacial score (nSPS) is 18.7. The summed E-state index contributed by atoms with van der Waals surface area (Å²) < 4.78 is 27.7. The molecule has 0 spiro atoms. The summed E-state index contributed by atoms with van der Waals surface area (Å²) in [4.78, 5) is 0.275. The van der Waals surface area contributed by atoms with E-state index in [1.54, 1.807) is 25.1 Å². The van der Waals surface area contributed by atoms with Gasteiger partial charge in [0.2, 0.25) is 10.0 Å². The number of aryl methyl sites for hydroxylation is 1. The van der Waals surface area contributed by atoms with Crippen LogP contribution >= 0.6 is 11.6 Å². The fourth-order valence-electron chi connectivity index (χ4n) is 2.65. The Morgan fingerprint density at radius 3 is 2.53 bits per heavy atom. The molecule has 6 heteroatoms. The fourth-order valence-corrected chi connectivity index (χ4v) is 4.58. The second-order valence-electron chi connectivity index (χ2n) is 5.21. The van der Waals surface area contributed by atoms with Crippen molar-refractivity contribution in [2.24, 2.45) is 5.73 Å². The van der Waals surface area contributed by atoms with Gasteiger partial charge in [-0.1, -0.05) is 24.4 Å². The van der Waals surface area contributed by atoms with Crippen LogP contribution in [0.2, 0.25) is 5.02 Å². The standard InChI is InChI=1S/C13H19ClN2O2S/c1-10-8-11(14)4-5-12(10)19(17,18)16-13(9-15)6-2-3-7-13/h4-5,8,16H,2-3,6-7,9,15H2,1H3. The number of hydrogen-bond donors (Lipinski definition) is 2. The van der Waals surface area contributed by atoms with Gasteiger partial charge in [-0.3, -0.25) is 0 Å². The number of rotatable bonds is 4. The molecule has 0 atom stereocenters. The number of nitrogens with two attached hydrogens (primary N) is 1. The average molecular weight is 303 g/mol. The van der Waals surface area contributed by atoms with Crippen LogP contribution in [0.25, 0.3) is 0 Å². The molecule has 0 aromatic heterocycles. The van der Waals surface area contributed by atoms with Gasteiger partial charge >= 0.3 is 0 Å². The molecule has 0 aliphatic heterocycles. The highest BCUT2D eigenvalue weighted by Crippen LogP contribution is 2.31. The molecule has 2 rings (SSSR count). The number of sulfonamides is 1. The Morgan fingerprint density at radius 1 is 1.37 bits per heavy atom. The highest BCUT2D eigenvalue weighted by molar-refractivity contribution is 7.89. The van der Waals surface area contributed by atoms with Gasteiger partial charge in [0.15, 0.2) is 0 Å². The van der Waals surface area contributed by atoms with Crippen molar-refractivity contribution >= 4 is 21.6 Å². The topological polar surface area (TPSA) is 72.2 Å². The van der Waals surface area contributed by atoms with E-state index in [0.717, 1.165) is 25.7 Å². The Morgan fingerprint density at radius 2 is 2.00 bits per heavy atom. The van der Waals surface area contributed by atoms with Gasteiger partial charge in [-0.2, -0.15) is 0 Å². The first-order chi connectivity index (χ1) is 8.88. The Bertz CT molecular complexity index is 566. The molecular weight excluding hydrogens is 284 g/mol. The van der Waals surface area contributed by atoms with E-state index in [4.69, 9.17) is 17.3 Å². The first-order valence-electron chi connectivity index (χ1n) is 6.39. The first-order valence-corrected chi connectivity index (χ1v) is 8.25. The van der Waals surface area contributed by atoms with E-state index in [2.05, 4.69) is 4.72 Å². The quantitative estimate of drug-likeness (QED) is 0.895. The Hall–Kier alpha value is -0.620. The van der Waals surface area contributed by atoms with Crippen LogP contribution in [0.5, 0.6) is 0 Å². The van der Waals surface area contributed by atoms with Gasteiger partial charge in [0.25, 0.3) is 0 Å². The van der Waals surface area contributed by atoms with Gasteiger partial charge in [0.05, 0.1) is 4.90 Å². The molecule has 0 amide bonds. The van der Waals surface area contributed by atoms with Crippen molar-refractivity contribution in [3.8, 4) is 0 Å². The molecule has 0 saturated heterocycles. The van der Waals surface area contributed by atoms with Crippen LogP contribution < -0.4 is 10.5 Å². The molecule has 1 fully saturated rings. The molecule has 0 bridgehead atoms. The van der Waals surface area contributed by atoms with E-state index in [-0.39, 0.29) is 4.90 Å². The second kappa shape index (κ2) is 5.40. The molecule has 0 heterocycles. The third kappa shape index (κ3) is 3.11. The highest BCUT2D eigenvalue weighted by atomic mass is 35.5. The molecule has 3 N–H and O–H groups in total. The average Bonchev–Trinajstić information content (AvgIpc) is 2.77. The predicted molar refractivity (Wildman–Crippen MR) is 76.8 cm³/mol. The van der Waals surface area contributed by atoms with E-state index < -0.39 is 15.6 Å². The number of benzene rings is 1. The van der Waals surface area contributed by atoms with Crippen LogP contribution in [0.3, 0.4) is 0 Å². The summed E-state index contributed by atoms with van der Waals surface area (Å²) in [5, 5.41) is 0.533. The second-order valence-corrected chi connectivity index (χ2v) is 7.29. The van der Waals surface area contributed by atoms with Crippen LogP contribution in [0.4, 0.5) is 0 Å². The maximum absolute atomic E-state index is 12.5. The number of halogens is 1. The van der Waals surface area contributed by atoms with Crippen molar-refractivity contribution in [3.63, 3.8) is 0 Å². The van der Waals surface area contributed by atoms with Gasteiger partial charge < -0.3 is 5.73 Å². The van der Waals surface area contributed by atoms with Gasteiger partial charge in [-0.25, -0.2) is 13.1 Å².